The second-order valence-corrected chi connectivity index (χ2v) is 5.75. The van der Waals surface area contributed by atoms with Gasteiger partial charge in [-0.05, 0) is 55.0 Å². The SMILES string of the molecule is COc1ccc(NC(=O)C2CCN(c3ccc(OC)cc3)C2=O)cc1. The normalized spacial score (nSPS) is 16.6. The molecule has 0 radical (unpaired) electrons. The van der Waals surface area contributed by atoms with Crippen molar-refractivity contribution in [2.75, 3.05) is 31.0 Å². The molecular formula is C19H20N2O4. The molecule has 0 aliphatic carbocycles. The number of rotatable bonds is 5. The third kappa shape index (κ3) is 3.57. The van der Waals surface area contributed by atoms with E-state index in [0.29, 0.717) is 24.4 Å². The van der Waals surface area contributed by atoms with E-state index in [0.717, 1.165) is 11.4 Å². The Hall–Kier alpha value is -3.02. The highest BCUT2D eigenvalue weighted by Crippen LogP contribution is 2.28. The average Bonchev–Trinajstić information content (AvgIpc) is 3.04. The fraction of sp³-hybridized carbons (Fsp3) is 0.263. The summed E-state index contributed by atoms with van der Waals surface area (Å²) in [4.78, 5) is 26.7. The van der Waals surface area contributed by atoms with E-state index in [4.69, 9.17) is 9.47 Å². The van der Waals surface area contributed by atoms with Crippen LogP contribution in [0.3, 0.4) is 0 Å². The van der Waals surface area contributed by atoms with Crippen LogP contribution in [0, 0.1) is 5.92 Å². The van der Waals surface area contributed by atoms with Crippen LogP contribution in [0.15, 0.2) is 48.5 Å². The van der Waals surface area contributed by atoms with Gasteiger partial charge in [-0.2, -0.15) is 0 Å². The minimum absolute atomic E-state index is 0.184. The third-order valence-electron chi connectivity index (χ3n) is 4.26. The maximum Gasteiger partial charge on any atom is 0.239 e. The van der Waals surface area contributed by atoms with Crippen LogP contribution in [0.25, 0.3) is 0 Å². The second-order valence-electron chi connectivity index (χ2n) is 5.75. The zero-order chi connectivity index (χ0) is 17.8. The van der Waals surface area contributed by atoms with Gasteiger partial charge in [0.25, 0.3) is 0 Å². The predicted octanol–water partition coefficient (Wildman–Crippen LogP) is 2.70. The first-order chi connectivity index (χ1) is 12.1. The van der Waals surface area contributed by atoms with Crippen molar-refractivity contribution in [1.82, 2.24) is 0 Å². The van der Waals surface area contributed by atoms with Crippen LogP contribution in [0.5, 0.6) is 11.5 Å². The van der Waals surface area contributed by atoms with Crippen molar-refractivity contribution in [2.45, 2.75) is 6.42 Å². The van der Waals surface area contributed by atoms with Crippen molar-refractivity contribution in [3.63, 3.8) is 0 Å². The molecule has 3 rings (SSSR count). The minimum atomic E-state index is -0.677. The molecule has 0 bridgehead atoms. The zero-order valence-electron chi connectivity index (χ0n) is 14.2. The lowest BCUT2D eigenvalue weighted by Crippen LogP contribution is -2.33. The summed E-state index contributed by atoms with van der Waals surface area (Å²) < 4.78 is 10.2. The number of ether oxygens (including phenoxy) is 2. The van der Waals surface area contributed by atoms with Gasteiger partial charge in [0.15, 0.2) is 0 Å². The van der Waals surface area contributed by atoms with Crippen LogP contribution in [-0.4, -0.2) is 32.6 Å². The largest absolute Gasteiger partial charge is 0.497 e. The Kier molecular flexibility index (Phi) is 4.88. The molecule has 1 atom stereocenters. The lowest BCUT2D eigenvalue weighted by atomic mass is 10.1. The number of hydrogen-bond donors (Lipinski definition) is 1. The van der Waals surface area contributed by atoms with Crippen molar-refractivity contribution in [2.24, 2.45) is 5.92 Å². The van der Waals surface area contributed by atoms with E-state index < -0.39 is 5.92 Å². The number of anilines is 2. The van der Waals surface area contributed by atoms with Crippen LogP contribution in [0.2, 0.25) is 0 Å². The van der Waals surface area contributed by atoms with Crippen molar-refractivity contribution >= 4 is 23.2 Å². The van der Waals surface area contributed by atoms with E-state index in [1.165, 1.54) is 0 Å². The Morgan fingerprint density at radius 1 is 1.00 bits per heavy atom. The monoisotopic (exact) mass is 340 g/mol. The number of hydrogen-bond acceptors (Lipinski definition) is 4. The fourth-order valence-corrected chi connectivity index (χ4v) is 2.85. The molecule has 1 aliphatic rings. The number of nitrogens with one attached hydrogen (secondary N) is 1. The van der Waals surface area contributed by atoms with Crippen molar-refractivity contribution in [1.29, 1.82) is 0 Å². The molecule has 1 heterocycles. The van der Waals surface area contributed by atoms with E-state index in [-0.39, 0.29) is 11.8 Å². The van der Waals surface area contributed by atoms with Gasteiger partial charge < -0.3 is 19.7 Å². The summed E-state index contributed by atoms with van der Waals surface area (Å²) in [5, 5.41) is 2.79. The predicted molar refractivity (Wildman–Crippen MR) is 95.1 cm³/mol. The van der Waals surface area contributed by atoms with Crippen LogP contribution in [-0.2, 0) is 9.59 Å². The molecule has 1 N–H and O–H groups in total. The highest BCUT2D eigenvalue weighted by molar-refractivity contribution is 6.13. The molecule has 1 unspecified atom stereocenters. The number of nitrogens with zero attached hydrogens (tertiary/aromatic N) is 1. The van der Waals surface area contributed by atoms with Gasteiger partial charge in [-0.3, -0.25) is 9.59 Å². The van der Waals surface area contributed by atoms with Gasteiger partial charge in [0, 0.05) is 17.9 Å². The molecule has 1 fully saturated rings. The molecule has 2 aromatic carbocycles. The van der Waals surface area contributed by atoms with E-state index in [1.54, 1.807) is 55.5 Å². The second kappa shape index (κ2) is 7.25. The Bertz CT molecular complexity index is 756. The van der Waals surface area contributed by atoms with Crippen LogP contribution < -0.4 is 19.7 Å². The van der Waals surface area contributed by atoms with E-state index in [9.17, 15) is 9.59 Å². The van der Waals surface area contributed by atoms with Crippen LogP contribution in [0.1, 0.15) is 6.42 Å². The lowest BCUT2D eigenvalue weighted by molar-refractivity contribution is -0.129. The van der Waals surface area contributed by atoms with E-state index in [2.05, 4.69) is 5.32 Å². The molecule has 0 saturated carbocycles. The summed E-state index contributed by atoms with van der Waals surface area (Å²) >= 11 is 0. The van der Waals surface area contributed by atoms with Gasteiger partial charge >= 0.3 is 0 Å². The average molecular weight is 340 g/mol. The summed E-state index contributed by atoms with van der Waals surface area (Å²) in [5.74, 6) is 0.288. The first-order valence-electron chi connectivity index (χ1n) is 8.02. The summed E-state index contributed by atoms with van der Waals surface area (Å²) in [7, 11) is 3.17. The molecule has 6 heteroatoms. The summed E-state index contributed by atoms with van der Waals surface area (Å²) in [6.07, 6.45) is 0.493. The number of methoxy groups -OCH3 is 2. The highest BCUT2D eigenvalue weighted by Gasteiger charge is 2.37. The standard InChI is InChI=1S/C19H20N2O4/c1-24-15-7-3-13(4-8-15)20-18(22)17-11-12-21(19(17)23)14-5-9-16(25-2)10-6-14/h3-10,17H,11-12H2,1-2H3,(H,20,22). The topological polar surface area (TPSA) is 67.9 Å². The maximum absolute atomic E-state index is 12.6. The van der Waals surface area contributed by atoms with Gasteiger partial charge in [-0.15, -0.1) is 0 Å². The van der Waals surface area contributed by atoms with Gasteiger partial charge in [-0.1, -0.05) is 0 Å². The molecule has 25 heavy (non-hydrogen) atoms. The van der Waals surface area contributed by atoms with Crippen molar-refractivity contribution < 1.29 is 19.1 Å². The molecule has 0 aromatic heterocycles. The number of benzene rings is 2. The van der Waals surface area contributed by atoms with Crippen molar-refractivity contribution in [3.8, 4) is 11.5 Å². The third-order valence-corrected chi connectivity index (χ3v) is 4.26. The minimum Gasteiger partial charge on any atom is -0.497 e. The number of carbonyl (C=O) groups is 2. The summed E-state index contributed by atoms with van der Waals surface area (Å²) in [6.45, 7) is 0.520. The molecular weight excluding hydrogens is 320 g/mol. The molecule has 1 aliphatic heterocycles. The van der Waals surface area contributed by atoms with Crippen LogP contribution >= 0.6 is 0 Å². The molecule has 6 nitrogen and oxygen atoms in total. The Balaban J connectivity index is 1.66. The highest BCUT2D eigenvalue weighted by atomic mass is 16.5. The first-order valence-corrected chi connectivity index (χ1v) is 8.02. The Morgan fingerprint density at radius 3 is 2.12 bits per heavy atom. The Morgan fingerprint density at radius 2 is 1.56 bits per heavy atom. The first kappa shape index (κ1) is 16.8. The van der Waals surface area contributed by atoms with Gasteiger partial charge in [-0.25, -0.2) is 0 Å². The van der Waals surface area contributed by atoms with Gasteiger partial charge in [0.05, 0.1) is 14.2 Å². The number of amides is 2. The quantitative estimate of drug-likeness (QED) is 0.850. The number of carbonyl (C=O) groups excluding carboxylic acids is 2. The Labute approximate surface area is 146 Å². The lowest BCUT2D eigenvalue weighted by Gasteiger charge is -2.17. The molecule has 2 amide bonds. The molecule has 2 aromatic rings. The van der Waals surface area contributed by atoms with Crippen LogP contribution in [0.4, 0.5) is 11.4 Å². The maximum atomic E-state index is 12.6. The summed E-state index contributed by atoms with van der Waals surface area (Å²) in [5.41, 5.74) is 1.41. The summed E-state index contributed by atoms with van der Waals surface area (Å²) in [6, 6.07) is 14.3. The van der Waals surface area contributed by atoms with Gasteiger partial charge in [0.1, 0.15) is 17.4 Å². The smallest absolute Gasteiger partial charge is 0.239 e. The zero-order valence-corrected chi connectivity index (χ0v) is 14.2. The molecule has 0 spiro atoms. The molecule has 1 saturated heterocycles. The van der Waals surface area contributed by atoms with E-state index >= 15 is 0 Å². The fourth-order valence-electron chi connectivity index (χ4n) is 2.85. The molecule has 130 valence electrons. The van der Waals surface area contributed by atoms with Crippen molar-refractivity contribution in [3.05, 3.63) is 48.5 Å². The van der Waals surface area contributed by atoms with E-state index in [1.807, 2.05) is 12.1 Å². The van der Waals surface area contributed by atoms with Gasteiger partial charge in [0.2, 0.25) is 11.8 Å².